The zero-order chi connectivity index (χ0) is 11.5. The zero-order valence-corrected chi connectivity index (χ0v) is 9.07. The minimum Gasteiger partial charge on any atom is -0.322 e. The Balaban J connectivity index is 2.78. The maximum atomic E-state index is 5.52. The van der Waals surface area contributed by atoms with Gasteiger partial charge in [0.15, 0.2) is 0 Å². The fourth-order valence-electron chi connectivity index (χ4n) is 1.76. The number of terminal acetylenes is 2. The van der Waals surface area contributed by atoms with Crippen LogP contribution < -0.4 is 0 Å². The minimum atomic E-state index is 0.823. The van der Waals surface area contributed by atoms with Gasteiger partial charge in [0, 0.05) is 23.5 Å². The van der Waals surface area contributed by atoms with Crippen molar-refractivity contribution in [3.8, 4) is 30.4 Å². The van der Waals surface area contributed by atoms with Crippen LogP contribution in [0.5, 0.6) is 0 Å². The van der Waals surface area contributed by atoms with Crippen molar-refractivity contribution in [3.05, 3.63) is 53.3 Å². The molecule has 0 atom stereocenters. The van der Waals surface area contributed by atoms with E-state index < -0.39 is 0 Å². The number of benzene rings is 1. The molecule has 0 spiro atoms. The predicted octanol–water partition coefficient (Wildman–Crippen LogP) is 2.75. The second-order valence-corrected chi connectivity index (χ2v) is 3.59. The van der Waals surface area contributed by atoms with Gasteiger partial charge < -0.3 is 4.57 Å². The molecule has 2 rings (SSSR count). The van der Waals surface area contributed by atoms with Gasteiger partial charge in [0.1, 0.15) is 0 Å². The third kappa shape index (κ3) is 1.60. The average molecular weight is 205 g/mol. The second-order valence-electron chi connectivity index (χ2n) is 3.59. The van der Waals surface area contributed by atoms with Crippen LogP contribution in [0.4, 0.5) is 0 Å². The summed E-state index contributed by atoms with van der Waals surface area (Å²) in [6.45, 7) is 1.99. The molecule has 2 aromatic rings. The first-order chi connectivity index (χ1) is 7.76. The van der Waals surface area contributed by atoms with Gasteiger partial charge in [0.2, 0.25) is 0 Å². The molecule has 1 heteroatoms. The van der Waals surface area contributed by atoms with E-state index in [1.807, 2.05) is 48.1 Å². The molecule has 0 unspecified atom stereocenters. The topological polar surface area (TPSA) is 4.93 Å². The molecule has 0 fully saturated rings. The molecule has 0 saturated carbocycles. The standard InChI is InChI=1S/C15H11N/c1-4-13-10-12(3)11-14(5-2)15(13)16-8-6-7-9-16/h1-2,6-11H,3H3. The van der Waals surface area contributed by atoms with Crippen LogP contribution >= 0.6 is 0 Å². The van der Waals surface area contributed by atoms with E-state index in [2.05, 4.69) is 11.8 Å². The van der Waals surface area contributed by atoms with E-state index in [1.165, 1.54) is 0 Å². The van der Waals surface area contributed by atoms with Gasteiger partial charge in [0.25, 0.3) is 0 Å². The third-order valence-electron chi connectivity index (χ3n) is 2.43. The summed E-state index contributed by atoms with van der Waals surface area (Å²) in [7, 11) is 0. The number of hydrogen-bond donors (Lipinski definition) is 0. The Bertz CT molecular complexity index is 554. The van der Waals surface area contributed by atoms with Crippen LogP contribution in [0.2, 0.25) is 0 Å². The van der Waals surface area contributed by atoms with Crippen LogP contribution in [0.1, 0.15) is 16.7 Å². The van der Waals surface area contributed by atoms with E-state index in [-0.39, 0.29) is 0 Å². The summed E-state index contributed by atoms with van der Waals surface area (Å²) < 4.78 is 1.95. The molecule has 1 heterocycles. The summed E-state index contributed by atoms with van der Waals surface area (Å²) in [6.07, 6.45) is 14.9. The van der Waals surface area contributed by atoms with Crippen molar-refractivity contribution in [1.29, 1.82) is 0 Å². The van der Waals surface area contributed by atoms with Crippen LogP contribution in [0.3, 0.4) is 0 Å². The van der Waals surface area contributed by atoms with Gasteiger partial charge in [-0.3, -0.25) is 0 Å². The quantitative estimate of drug-likeness (QED) is 0.631. The first kappa shape index (κ1) is 10.1. The number of aryl methyl sites for hydroxylation is 1. The minimum absolute atomic E-state index is 0.823. The molecule has 0 bridgehead atoms. The van der Waals surface area contributed by atoms with Crippen LogP contribution in [0, 0.1) is 31.6 Å². The highest BCUT2D eigenvalue weighted by atomic mass is 14.9. The number of nitrogens with zero attached hydrogens (tertiary/aromatic N) is 1. The Morgan fingerprint density at radius 1 is 1.00 bits per heavy atom. The van der Waals surface area contributed by atoms with Crippen LogP contribution in [-0.4, -0.2) is 4.57 Å². The van der Waals surface area contributed by atoms with Gasteiger partial charge in [-0.2, -0.15) is 0 Å². The van der Waals surface area contributed by atoms with Crippen molar-refractivity contribution in [2.75, 3.05) is 0 Å². The molecule has 1 aromatic heterocycles. The Labute approximate surface area is 95.7 Å². The lowest BCUT2D eigenvalue weighted by Gasteiger charge is -2.10. The Hall–Kier alpha value is -2.38. The number of hydrogen-bond acceptors (Lipinski definition) is 0. The summed E-state index contributed by atoms with van der Waals surface area (Å²) in [4.78, 5) is 0. The van der Waals surface area contributed by atoms with Gasteiger partial charge in [-0.05, 0) is 36.8 Å². The van der Waals surface area contributed by atoms with E-state index in [0.717, 1.165) is 22.4 Å². The fourth-order valence-corrected chi connectivity index (χ4v) is 1.76. The van der Waals surface area contributed by atoms with Crippen molar-refractivity contribution < 1.29 is 0 Å². The summed E-state index contributed by atoms with van der Waals surface area (Å²) in [5, 5.41) is 0. The van der Waals surface area contributed by atoms with Crippen molar-refractivity contribution >= 4 is 0 Å². The van der Waals surface area contributed by atoms with Crippen LogP contribution in [0.15, 0.2) is 36.7 Å². The number of rotatable bonds is 1. The molecule has 0 saturated heterocycles. The third-order valence-corrected chi connectivity index (χ3v) is 2.43. The predicted molar refractivity (Wildman–Crippen MR) is 66.4 cm³/mol. The first-order valence-corrected chi connectivity index (χ1v) is 4.97. The average Bonchev–Trinajstić information content (AvgIpc) is 2.80. The molecule has 76 valence electrons. The summed E-state index contributed by atoms with van der Waals surface area (Å²) >= 11 is 0. The Kier molecular flexibility index (Phi) is 2.54. The van der Waals surface area contributed by atoms with E-state index in [0.29, 0.717) is 0 Å². The van der Waals surface area contributed by atoms with Crippen molar-refractivity contribution in [2.24, 2.45) is 0 Å². The van der Waals surface area contributed by atoms with Crippen LogP contribution in [-0.2, 0) is 0 Å². The second kappa shape index (κ2) is 4.01. The van der Waals surface area contributed by atoms with Gasteiger partial charge in [-0.1, -0.05) is 11.8 Å². The fraction of sp³-hybridized carbons (Fsp3) is 0.0667. The molecule has 0 N–H and O–H groups in total. The molecule has 1 nitrogen and oxygen atoms in total. The smallest absolute Gasteiger partial charge is 0.0765 e. The molecule has 0 aliphatic heterocycles. The lowest BCUT2D eigenvalue weighted by molar-refractivity contribution is 1.07. The van der Waals surface area contributed by atoms with Gasteiger partial charge in [0.05, 0.1) is 5.69 Å². The highest BCUT2D eigenvalue weighted by molar-refractivity contribution is 5.62. The van der Waals surface area contributed by atoms with E-state index in [1.54, 1.807) is 0 Å². The van der Waals surface area contributed by atoms with Gasteiger partial charge in [-0.25, -0.2) is 0 Å². The van der Waals surface area contributed by atoms with Crippen molar-refractivity contribution in [3.63, 3.8) is 0 Å². The Morgan fingerprint density at radius 2 is 1.50 bits per heavy atom. The van der Waals surface area contributed by atoms with E-state index in [9.17, 15) is 0 Å². The molecular formula is C15H11N. The summed E-state index contributed by atoms with van der Waals surface area (Å²) in [5.41, 5.74) is 3.63. The van der Waals surface area contributed by atoms with Crippen molar-refractivity contribution in [2.45, 2.75) is 6.92 Å². The first-order valence-electron chi connectivity index (χ1n) is 4.97. The largest absolute Gasteiger partial charge is 0.322 e. The summed E-state index contributed by atoms with van der Waals surface area (Å²) in [6, 6.07) is 7.83. The molecular weight excluding hydrogens is 194 g/mol. The van der Waals surface area contributed by atoms with E-state index in [4.69, 9.17) is 12.8 Å². The van der Waals surface area contributed by atoms with Crippen molar-refractivity contribution in [1.82, 2.24) is 4.57 Å². The molecule has 0 aliphatic rings. The summed E-state index contributed by atoms with van der Waals surface area (Å²) in [5.74, 6) is 5.37. The maximum Gasteiger partial charge on any atom is 0.0765 e. The molecule has 1 aromatic carbocycles. The highest BCUT2D eigenvalue weighted by Crippen LogP contribution is 2.21. The lowest BCUT2D eigenvalue weighted by atomic mass is 10.0. The molecule has 0 aliphatic carbocycles. The van der Waals surface area contributed by atoms with Gasteiger partial charge >= 0.3 is 0 Å². The molecule has 0 amide bonds. The highest BCUT2D eigenvalue weighted by Gasteiger charge is 2.08. The normalized spacial score (nSPS) is 9.44. The monoisotopic (exact) mass is 205 g/mol. The Morgan fingerprint density at radius 3 is 1.94 bits per heavy atom. The lowest BCUT2D eigenvalue weighted by Crippen LogP contribution is -1.99. The molecule has 16 heavy (non-hydrogen) atoms. The van der Waals surface area contributed by atoms with E-state index >= 15 is 0 Å². The van der Waals surface area contributed by atoms with Gasteiger partial charge in [-0.15, -0.1) is 12.8 Å². The molecule has 0 radical (unpaired) electrons. The van der Waals surface area contributed by atoms with Crippen LogP contribution in [0.25, 0.3) is 5.69 Å². The number of aromatic nitrogens is 1. The SMILES string of the molecule is C#Cc1cc(C)cc(C#C)c1-n1cccc1. The maximum absolute atomic E-state index is 5.52. The zero-order valence-electron chi connectivity index (χ0n) is 9.07.